The summed E-state index contributed by atoms with van der Waals surface area (Å²) in [5.74, 6) is 0. The van der Waals surface area contributed by atoms with Gasteiger partial charge in [-0.3, -0.25) is 0 Å². The molecule has 0 spiro atoms. The zero-order valence-electron chi connectivity index (χ0n) is 10.3. The fourth-order valence-electron chi connectivity index (χ4n) is 1.66. The van der Waals surface area contributed by atoms with Gasteiger partial charge in [-0.25, -0.2) is 4.79 Å². The van der Waals surface area contributed by atoms with E-state index in [1.54, 1.807) is 0 Å². The molecule has 0 aliphatic carbocycles. The van der Waals surface area contributed by atoms with Crippen molar-refractivity contribution < 1.29 is 4.79 Å². The van der Waals surface area contributed by atoms with E-state index in [4.69, 9.17) is 0 Å². The number of urea groups is 1. The number of nitrogens with one attached hydrogen (secondary N) is 2. The Morgan fingerprint density at radius 1 is 1.00 bits per heavy atom. The number of anilines is 1. The number of hydrogen-bond acceptors (Lipinski definition) is 1. The number of carbonyl (C=O) groups is 1. The molecule has 92 valence electrons. The van der Waals surface area contributed by atoms with Gasteiger partial charge in [0.05, 0.1) is 0 Å². The van der Waals surface area contributed by atoms with Crippen LogP contribution in [0, 0.1) is 6.92 Å². The van der Waals surface area contributed by atoms with Crippen LogP contribution in [0.1, 0.15) is 11.1 Å². The first-order chi connectivity index (χ1) is 8.75. The highest BCUT2D eigenvalue weighted by Gasteiger charge is 2.02. The summed E-state index contributed by atoms with van der Waals surface area (Å²) in [6, 6.07) is 17.3. The van der Waals surface area contributed by atoms with Gasteiger partial charge in [0, 0.05) is 12.2 Å². The smallest absolute Gasteiger partial charge is 0.319 e. The Hall–Kier alpha value is -2.29. The Morgan fingerprint density at radius 3 is 2.39 bits per heavy atom. The van der Waals surface area contributed by atoms with Gasteiger partial charge >= 0.3 is 6.03 Å². The second-order valence-corrected chi connectivity index (χ2v) is 4.11. The Balaban J connectivity index is 1.88. The minimum atomic E-state index is -0.187. The summed E-state index contributed by atoms with van der Waals surface area (Å²) in [7, 11) is 0. The van der Waals surface area contributed by atoms with Gasteiger partial charge in [-0.2, -0.15) is 0 Å². The molecular formula is C15H16N2O. The van der Waals surface area contributed by atoms with E-state index in [1.807, 2.05) is 61.5 Å². The average Bonchev–Trinajstić information content (AvgIpc) is 2.40. The molecule has 0 saturated heterocycles. The van der Waals surface area contributed by atoms with Gasteiger partial charge in [0.2, 0.25) is 0 Å². The van der Waals surface area contributed by atoms with Crippen LogP contribution in [0.5, 0.6) is 0 Å². The van der Waals surface area contributed by atoms with E-state index in [2.05, 4.69) is 10.6 Å². The second kappa shape index (κ2) is 5.87. The third-order valence-corrected chi connectivity index (χ3v) is 2.69. The minimum Gasteiger partial charge on any atom is -0.334 e. The van der Waals surface area contributed by atoms with Crippen molar-refractivity contribution in [1.82, 2.24) is 5.32 Å². The van der Waals surface area contributed by atoms with Gasteiger partial charge in [0.1, 0.15) is 0 Å². The van der Waals surface area contributed by atoms with Crippen molar-refractivity contribution in [1.29, 1.82) is 0 Å². The first-order valence-corrected chi connectivity index (χ1v) is 5.90. The number of carbonyl (C=O) groups excluding carboxylic acids is 1. The molecule has 0 aromatic heterocycles. The van der Waals surface area contributed by atoms with Gasteiger partial charge in [-0.15, -0.1) is 0 Å². The second-order valence-electron chi connectivity index (χ2n) is 4.11. The van der Waals surface area contributed by atoms with Crippen LogP contribution in [0.15, 0.2) is 54.6 Å². The third-order valence-electron chi connectivity index (χ3n) is 2.69. The van der Waals surface area contributed by atoms with Crippen LogP contribution in [0.25, 0.3) is 0 Å². The van der Waals surface area contributed by atoms with Crippen LogP contribution in [0.4, 0.5) is 10.5 Å². The summed E-state index contributed by atoms with van der Waals surface area (Å²) < 4.78 is 0. The van der Waals surface area contributed by atoms with Crippen LogP contribution in [0.3, 0.4) is 0 Å². The third kappa shape index (κ3) is 3.35. The Labute approximate surface area is 107 Å². The number of benzene rings is 2. The minimum absolute atomic E-state index is 0.187. The molecule has 2 N–H and O–H groups in total. The van der Waals surface area contributed by atoms with Gasteiger partial charge < -0.3 is 10.6 Å². The van der Waals surface area contributed by atoms with Crippen molar-refractivity contribution >= 4 is 11.7 Å². The summed E-state index contributed by atoms with van der Waals surface area (Å²) in [5, 5.41) is 5.65. The molecule has 0 heterocycles. The predicted molar refractivity (Wildman–Crippen MR) is 73.5 cm³/mol. The molecule has 2 aromatic rings. The lowest BCUT2D eigenvalue weighted by atomic mass is 10.2. The zero-order valence-corrected chi connectivity index (χ0v) is 10.3. The van der Waals surface area contributed by atoms with Crippen LogP contribution >= 0.6 is 0 Å². The molecule has 0 aliphatic heterocycles. The summed E-state index contributed by atoms with van der Waals surface area (Å²) in [4.78, 5) is 11.7. The van der Waals surface area contributed by atoms with Crippen LogP contribution in [0.2, 0.25) is 0 Å². The van der Waals surface area contributed by atoms with Crippen LogP contribution < -0.4 is 10.6 Å². The van der Waals surface area contributed by atoms with Crippen molar-refractivity contribution in [2.24, 2.45) is 0 Å². The molecule has 0 aliphatic rings. The SMILES string of the molecule is Cc1ccccc1NC(=O)NCc1ccccc1. The first kappa shape index (κ1) is 12.2. The summed E-state index contributed by atoms with van der Waals surface area (Å²) in [6.07, 6.45) is 0. The first-order valence-electron chi connectivity index (χ1n) is 5.90. The van der Waals surface area contributed by atoms with Crippen molar-refractivity contribution in [2.45, 2.75) is 13.5 Å². The fourth-order valence-corrected chi connectivity index (χ4v) is 1.66. The lowest BCUT2D eigenvalue weighted by Gasteiger charge is -2.09. The van der Waals surface area contributed by atoms with Crippen LogP contribution in [-0.4, -0.2) is 6.03 Å². The topological polar surface area (TPSA) is 41.1 Å². The van der Waals surface area contributed by atoms with Crippen molar-refractivity contribution in [3.05, 3.63) is 65.7 Å². The molecule has 0 saturated carbocycles. The highest BCUT2D eigenvalue weighted by Crippen LogP contribution is 2.12. The quantitative estimate of drug-likeness (QED) is 0.849. The Morgan fingerprint density at radius 2 is 1.67 bits per heavy atom. The molecule has 0 bridgehead atoms. The molecule has 0 atom stereocenters. The summed E-state index contributed by atoms with van der Waals surface area (Å²) >= 11 is 0. The monoisotopic (exact) mass is 240 g/mol. The highest BCUT2D eigenvalue weighted by atomic mass is 16.2. The lowest BCUT2D eigenvalue weighted by Crippen LogP contribution is -2.28. The molecular weight excluding hydrogens is 224 g/mol. The summed E-state index contributed by atoms with van der Waals surface area (Å²) in [6.45, 7) is 2.49. The molecule has 2 aromatic carbocycles. The molecule has 0 unspecified atom stereocenters. The lowest BCUT2D eigenvalue weighted by molar-refractivity contribution is 0.251. The standard InChI is InChI=1S/C15H16N2O/c1-12-7-5-6-10-14(12)17-15(18)16-11-13-8-3-2-4-9-13/h2-10H,11H2,1H3,(H2,16,17,18). The van der Waals surface area contributed by atoms with Gasteiger partial charge in [-0.1, -0.05) is 48.5 Å². The van der Waals surface area contributed by atoms with Crippen molar-refractivity contribution in [3.8, 4) is 0 Å². The maximum absolute atomic E-state index is 11.7. The van der Waals surface area contributed by atoms with Crippen molar-refractivity contribution in [2.75, 3.05) is 5.32 Å². The predicted octanol–water partition coefficient (Wildman–Crippen LogP) is 3.32. The van der Waals surface area contributed by atoms with E-state index in [-0.39, 0.29) is 6.03 Å². The average molecular weight is 240 g/mol. The van der Waals surface area contributed by atoms with E-state index in [0.29, 0.717) is 6.54 Å². The van der Waals surface area contributed by atoms with Crippen LogP contribution in [-0.2, 0) is 6.54 Å². The number of hydrogen-bond donors (Lipinski definition) is 2. The normalized spacial score (nSPS) is 9.83. The molecule has 3 nitrogen and oxygen atoms in total. The number of amides is 2. The largest absolute Gasteiger partial charge is 0.334 e. The Kier molecular flexibility index (Phi) is 3.97. The maximum Gasteiger partial charge on any atom is 0.319 e. The van der Waals surface area contributed by atoms with Gasteiger partial charge in [0.15, 0.2) is 0 Å². The van der Waals surface area contributed by atoms with E-state index >= 15 is 0 Å². The fraction of sp³-hybridized carbons (Fsp3) is 0.133. The van der Waals surface area contributed by atoms with Gasteiger partial charge in [-0.05, 0) is 24.1 Å². The zero-order chi connectivity index (χ0) is 12.8. The number of aryl methyl sites for hydroxylation is 1. The molecule has 0 radical (unpaired) electrons. The van der Waals surface area contributed by atoms with E-state index < -0.39 is 0 Å². The molecule has 2 amide bonds. The molecule has 3 heteroatoms. The maximum atomic E-state index is 11.7. The van der Waals surface area contributed by atoms with E-state index in [9.17, 15) is 4.79 Å². The highest BCUT2D eigenvalue weighted by molar-refractivity contribution is 5.89. The summed E-state index contributed by atoms with van der Waals surface area (Å²) in [5.41, 5.74) is 2.97. The molecule has 0 fully saturated rings. The molecule has 18 heavy (non-hydrogen) atoms. The van der Waals surface area contributed by atoms with E-state index in [0.717, 1.165) is 16.8 Å². The van der Waals surface area contributed by atoms with Crippen molar-refractivity contribution in [3.63, 3.8) is 0 Å². The van der Waals surface area contributed by atoms with E-state index in [1.165, 1.54) is 0 Å². The molecule has 2 rings (SSSR count). The Bertz CT molecular complexity index is 523. The number of rotatable bonds is 3. The van der Waals surface area contributed by atoms with Gasteiger partial charge in [0.25, 0.3) is 0 Å². The number of para-hydroxylation sites is 1.